The molecule has 0 spiro atoms. The van der Waals surface area contributed by atoms with E-state index < -0.39 is 0 Å². The van der Waals surface area contributed by atoms with Crippen LogP contribution in [-0.4, -0.2) is 61.3 Å². The van der Waals surface area contributed by atoms with Crippen LogP contribution in [0.2, 0.25) is 0 Å². The maximum atomic E-state index is 9.22. The molecule has 0 saturated carbocycles. The number of aliphatic hydroxyl groups is 1. The number of aliphatic hydroxyl groups excluding tert-OH is 1. The Morgan fingerprint density at radius 3 is 2.60 bits per heavy atom. The minimum Gasteiger partial charge on any atom is -0.396 e. The number of hydrogen-bond donors (Lipinski definition) is 1. The van der Waals surface area contributed by atoms with Crippen LogP contribution in [-0.2, 0) is 0 Å². The maximum Gasteiger partial charge on any atom is 0.0494 e. The minimum atomic E-state index is 0.0198. The summed E-state index contributed by atoms with van der Waals surface area (Å²) in [6.45, 7) is 7.82. The number of rotatable bonds is 5. The van der Waals surface area contributed by atoms with E-state index in [0.29, 0.717) is 6.04 Å². The van der Waals surface area contributed by atoms with Gasteiger partial charge in [0.25, 0.3) is 0 Å². The van der Waals surface area contributed by atoms with Crippen molar-refractivity contribution >= 4 is 0 Å². The van der Waals surface area contributed by atoms with Gasteiger partial charge < -0.3 is 14.9 Å². The molecule has 0 bridgehead atoms. The lowest BCUT2D eigenvalue weighted by molar-refractivity contribution is 0.103. The van der Waals surface area contributed by atoms with Crippen LogP contribution in [0.25, 0.3) is 0 Å². The Kier molecular flexibility index (Phi) is 4.56. The van der Waals surface area contributed by atoms with Gasteiger partial charge in [-0.2, -0.15) is 0 Å². The zero-order chi connectivity index (χ0) is 11.5. The van der Waals surface area contributed by atoms with E-state index in [2.05, 4.69) is 37.7 Å². The lowest BCUT2D eigenvalue weighted by Crippen LogP contribution is -2.41. The molecule has 1 atom stereocenters. The van der Waals surface area contributed by atoms with Gasteiger partial charge >= 0.3 is 0 Å². The summed E-state index contributed by atoms with van der Waals surface area (Å²) in [7, 11) is 4.37. The normalized spacial score (nSPS) is 24.0. The third-order valence-electron chi connectivity index (χ3n) is 3.32. The average molecular weight is 214 g/mol. The van der Waals surface area contributed by atoms with Gasteiger partial charge in [0.15, 0.2) is 0 Å². The monoisotopic (exact) mass is 214 g/mol. The summed E-state index contributed by atoms with van der Waals surface area (Å²) in [4.78, 5) is 4.80. The third-order valence-corrected chi connectivity index (χ3v) is 3.32. The molecule has 1 rings (SSSR count). The van der Waals surface area contributed by atoms with E-state index in [1.165, 1.54) is 19.4 Å². The Bertz CT molecular complexity index is 194. The van der Waals surface area contributed by atoms with Crippen LogP contribution in [0.1, 0.15) is 26.7 Å². The van der Waals surface area contributed by atoms with Crippen molar-refractivity contribution in [1.82, 2.24) is 9.80 Å². The van der Waals surface area contributed by atoms with Crippen molar-refractivity contribution < 1.29 is 5.11 Å². The van der Waals surface area contributed by atoms with E-state index in [4.69, 9.17) is 0 Å². The Hall–Kier alpha value is -0.120. The SMILES string of the molecule is CN(CC1CCCN1C)CC(C)(C)CO. The number of likely N-dealkylation sites (tertiary alicyclic amines) is 1. The molecule has 1 aliphatic heterocycles. The lowest BCUT2D eigenvalue weighted by Gasteiger charge is -2.31. The molecule has 0 aromatic heterocycles. The molecule has 0 radical (unpaired) electrons. The number of hydrogen-bond acceptors (Lipinski definition) is 3. The standard InChI is InChI=1S/C12H26N2O/c1-12(2,10-15)9-13(3)8-11-6-5-7-14(11)4/h11,15H,5-10H2,1-4H3. The largest absolute Gasteiger partial charge is 0.396 e. The minimum absolute atomic E-state index is 0.0198. The summed E-state index contributed by atoms with van der Waals surface area (Å²) in [5.74, 6) is 0. The smallest absolute Gasteiger partial charge is 0.0494 e. The highest BCUT2D eigenvalue weighted by Crippen LogP contribution is 2.19. The fourth-order valence-corrected chi connectivity index (χ4v) is 2.41. The first-order valence-corrected chi connectivity index (χ1v) is 5.94. The Morgan fingerprint density at radius 2 is 2.13 bits per heavy atom. The molecule has 1 heterocycles. The molecule has 0 amide bonds. The maximum absolute atomic E-state index is 9.22. The van der Waals surface area contributed by atoms with Gasteiger partial charge in [-0.15, -0.1) is 0 Å². The second-order valence-electron chi connectivity index (χ2n) is 5.80. The quantitative estimate of drug-likeness (QED) is 0.740. The van der Waals surface area contributed by atoms with Crippen LogP contribution in [0.4, 0.5) is 0 Å². The molecular formula is C12H26N2O. The molecule has 1 aliphatic rings. The fourth-order valence-electron chi connectivity index (χ4n) is 2.41. The topological polar surface area (TPSA) is 26.7 Å². The van der Waals surface area contributed by atoms with Crippen molar-refractivity contribution in [2.45, 2.75) is 32.7 Å². The third kappa shape index (κ3) is 4.09. The Balaban J connectivity index is 2.32. The molecular weight excluding hydrogens is 188 g/mol. The fraction of sp³-hybridized carbons (Fsp3) is 1.00. The van der Waals surface area contributed by atoms with Gasteiger partial charge in [0, 0.05) is 31.2 Å². The molecule has 15 heavy (non-hydrogen) atoms. The summed E-state index contributed by atoms with van der Waals surface area (Å²) in [6, 6.07) is 0.712. The van der Waals surface area contributed by atoms with Crippen molar-refractivity contribution in [1.29, 1.82) is 0 Å². The van der Waals surface area contributed by atoms with E-state index in [9.17, 15) is 5.11 Å². The molecule has 90 valence electrons. The molecule has 0 aromatic rings. The van der Waals surface area contributed by atoms with Gasteiger partial charge in [0.05, 0.1) is 0 Å². The first kappa shape index (κ1) is 12.9. The first-order chi connectivity index (χ1) is 6.94. The summed E-state index contributed by atoms with van der Waals surface area (Å²) in [6.07, 6.45) is 2.65. The van der Waals surface area contributed by atoms with Crippen molar-refractivity contribution in [3.8, 4) is 0 Å². The zero-order valence-corrected chi connectivity index (χ0v) is 10.7. The second-order valence-corrected chi connectivity index (χ2v) is 5.80. The van der Waals surface area contributed by atoms with Crippen LogP contribution in [0.5, 0.6) is 0 Å². The van der Waals surface area contributed by atoms with Gasteiger partial charge in [-0.25, -0.2) is 0 Å². The average Bonchev–Trinajstić information content (AvgIpc) is 2.51. The van der Waals surface area contributed by atoms with Gasteiger partial charge in [0.2, 0.25) is 0 Å². The van der Waals surface area contributed by atoms with Crippen LogP contribution >= 0.6 is 0 Å². The van der Waals surface area contributed by atoms with E-state index in [0.717, 1.165) is 13.1 Å². The van der Waals surface area contributed by atoms with E-state index in [1.54, 1.807) is 0 Å². The van der Waals surface area contributed by atoms with Crippen molar-refractivity contribution in [2.24, 2.45) is 5.41 Å². The van der Waals surface area contributed by atoms with Gasteiger partial charge in [0.1, 0.15) is 0 Å². The lowest BCUT2D eigenvalue weighted by atomic mass is 9.94. The molecule has 0 aliphatic carbocycles. The highest BCUT2D eigenvalue weighted by atomic mass is 16.3. The summed E-state index contributed by atoms with van der Waals surface area (Å²) in [5.41, 5.74) is 0.0198. The molecule has 1 saturated heterocycles. The number of nitrogens with zero attached hydrogens (tertiary/aromatic N) is 2. The molecule has 1 unspecified atom stereocenters. The van der Waals surface area contributed by atoms with E-state index >= 15 is 0 Å². The van der Waals surface area contributed by atoms with Crippen molar-refractivity contribution in [3.63, 3.8) is 0 Å². The van der Waals surface area contributed by atoms with Crippen molar-refractivity contribution in [2.75, 3.05) is 40.3 Å². The number of likely N-dealkylation sites (N-methyl/N-ethyl adjacent to an activating group) is 2. The Morgan fingerprint density at radius 1 is 1.47 bits per heavy atom. The van der Waals surface area contributed by atoms with Crippen LogP contribution in [0, 0.1) is 5.41 Å². The van der Waals surface area contributed by atoms with Gasteiger partial charge in [-0.1, -0.05) is 13.8 Å². The molecule has 1 N–H and O–H groups in total. The molecule has 0 aromatic carbocycles. The highest BCUT2D eigenvalue weighted by Gasteiger charge is 2.25. The Labute approximate surface area is 94.1 Å². The summed E-state index contributed by atoms with van der Waals surface area (Å²) in [5, 5.41) is 9.22. The second kappa shape index (κ2) is 5.28. The van der Waals surface area contributed by atoms with Crippen LogP contribution in [0.15, 0.2) is 0 Å². The summed E-state index contributed by atoms with van der Waals surface area (Å²) >= 11 is 0. The molecule has 3 heteroatoms. The van der Waals surface area contributed by atoms with Crippen LogP contribution in [0.3, 0.4) is 0 Å². The van der Waals surface area contributed by atoms with E-state index in [1.807, 2.05) is 0 Å². The highest BCUT2D eigenvalue weighted by molar-refractivity contribution is 4.80. The predicted octanol–water partition coefficient (Wildman–Crippen LogP) is 1.03. The molecule has 3 nitrogen and oxygen atoms in total. The summed E-state index contributed by atoms with van der Waals surface area (Å²) < 4.78 is 0. The van der Waals surface area contributed by atoms with E-state index in [-0.39, 0.29) is 12.0 Å². The van der Waals surface area contributed by atoms with Gasteiger partial charge in [-0.05, 0) is 33.5 Å². The van der Waals surface area contributed by atoms with Gasteiger partial charge in [-0.3, -0.25) is 0 Å². The first-order valence-electron chi connectivity index (χ1n) is 5.94. The van der Waals surface area contributed by atoms with Crippen molar-refractivity contribution in [3.05, 3.63) is 0 Å². The predicted molar refractivity (Wildman–Crippen MR) is 64.0 cm³/mol. The molecule has 1 fully saturated rings. The zero-order valence-electron chi connectivity index (χ0n) is 10.7. The van der Waals surface area contributed by atoms with Crippen LogP contribution < -0.4 is 0 Å².